The molecule has 1 aromatic heterocycles. The summed E-state index contributed by atoms with van der Waals surface area (Å²) in [4.78, 5) is 30.7. The van der Waals surface area contributed by atoms with Crippen LogP contribution in [-0.4, -0.2) is 16.8 Å². The van der Waals surface area contributed by atoms with Crippen molar-refractivity contribution in [2.75, 3.05) is 4.90 Å². The second-order valence-electron chi connectivity index (χ2n) is 6.53. The normalized spacial score (nSPS) is 22.8. The summed E-state index contributed by atoms with van der Waals surface area (Å²) in [6.45, 7) is 0. The Bertz CT molecular complexity index is 974. The molecular formula is C20H16N2O2. The molecule has 1 fully saturated rings. The lowest BCUT2D eigenvalue weighted by Gasteiger charge is -2.21. The average molecular weight is 316 g/mol. The van der Waals surface area contributed by atoms with E-state index >= 15 is 0 Å². The van der Waals surface area contributed by atoms with Gasteiger partial charge in [-0.25, -0.2) is 4.90 Å². The van der Waals surface area contributed by atoms with Gasteiger partial charge in [-0.05, 0) is 36.6 Å². The van der Waals surface area contributed by atoms with Gasteiger partial charge in [-0.15, -0.1) is 0 Å². The predicted octanol–water partition coefficient (Wildman–Crippen LogP) is 3.39. The summed E-state index contributed by atoms with van der Waals surface area (Å²) in [5, 5.41) is 1.17. The molecule has 24 heavy (non-hydrogen) atoms. The number of rotatable bonds is 1. The van der Waals surface area contributed by atoms with Gasteiger partial charge in [0, 0.05) is 16.6 Å². The highest BCUT2D eigenvalue weighted by molar-refractivity contribution is 6.24. The van der Waals surface area contributed by atoms with Crippen LogP contribution in [0.1, 0.15) is 23.6 Å². The maximum absolute atomic E-state index is 13.1. The second-order valence-corrected chi connectivity index (χ2v) is 6.53. The minimum atomic E-state index is -0.381. The van der Waals surface area contributed by atoms with E-state index in [1.165, 1.54) is 15.8 Å². The smallest absolute Gasteiger partial charge is 0.243 e. The summed E-state index contributed by atoms with van der Waals surface area (Å²) in [6.07, 6.45) is 1.57. The zero-order valence-corrected chi connectivity index (χ0v) is 13.0. The number of carbonyl (C=O) groups is 2. The minimum Gasteiger partial charge on any atom is -0.357 e. The molecule has 0 bridgehead atoms. The molecule has 2 amide bonds. The highest BCUT2D eigenvalue weighted by Crippen LogP contribution is 2.46. The Labute approximate surface area is 139 Å². The van der Waals surface area contributed by atoms with E-state index in [0.29, 0.717) is 5.69 Å². The van der Waals surface area contributed by atoms with E-state index in [4.69, 9.17) is 0 Å². The lowest BCUT2D eigenvalue weighted by Crippen LogP contribution is -2.30. The number of nitrogens with one attached hydrogen (secondary N) is 1. The number of para-hydroxylation sites is 2. The van der Waals surface area contributed by atoms with Crippen LogP contribution in [-0.2, 0) is 16.0 Å². The van der Waals surface area contributed by atoms with E-state index in [0.717, 1.165) is 24.1 Å². The van der Waals surface area contributed by atoms with Gasteiger partial charge >= 0.3 is 0 Å². The second kappa shape index (κ2) is 4.81. The molecule has 2 aliphatic rings. The lowest BCUT2D eigenvalue weighted by atomic mass is 9.79. The van der Waals surface area contributed by atoms with E-state index < -0.39 is 0 Å². The molecule has 0 spiro atoms. The van der Waals surface area contributed by atoms with Crippen LogP contribution in [0, 0.1) is 5.92 Å². The van der Waals surface area contributed by atoms with Gasteiger partial charge in [0.25, 0.3) is 0 Å². The SMILES string of the molecule is O=C1[C@H]2CCc3c([nH]c4ccccc34)[C@H]2C(=O)N1c1ccccc1. The van der Waals surface area contributed by atoms with Crippen LogP contribution in [0.5, 0.6) is 0 Å². The zero-order chi connectivity index (χ0) is 16.3. The first-order valence-electron chi connectivity index (χ1n) is 8.28. The Hall–Kier alpha value is -2.88. The van der Waals surface area contributed by atoms with Gasteiger partial charge in [0.15, 0.2) is 0 Å². The van der Waals surface area contributed by atoms with Crippen LogP contribution < -0.4 is 4.90 Å². The van der Waals surface area contributed by atoms with Crippen molar-refractivity contribution in [1.82, 2.24) is 4.98 Å². The number of hydrogen-bond donors (Lipinski definition) is 1. The average Bonchev–Trinajstić information content (AvgIpc) is 3.11. The zero-order valence-electron chi connectivity index (χ0n) is 13.0. The van der Waals surface area contributed by atoms with Crippen LogP contribution >= 0.6 is 0 Å². The van der Waals surface area contributed by atoms with Crippen molar-refractivity contribution in [1.29, 1.82) is 0 Å². The van der Waals surface area contributed by atoms with Gasteiger partial charge in [0.05, 0.1) is 17.5 Å². The Morgan fingerprint density at radius 2 is 1.67 bits per heavy atom. The van der Waals surface area contributed by atoms with Crippen LogP contribution in [0.4, 0.5) is 5.69 Å². The number of nitrogens with zero attached hydrogens (tertiary/aromatic N) is 1. The number of aryl methyl sites for hydroxylation is 1. The van der Waals surface area contributed by atoms with Crippen LogP contribution in [0.3, 0.4) is 0 Å². The first-order chi connectivity index (χ1) is 11.8. The fourth-order valence-corrected chi connectivity index (χ4v) is 4.23. The molecule has 4 nitrogen and oxygen atoms in total. The van der Waals surface area contributed by atoms with Crippen molar-refractivity contribution in [3.8, 4) is 0 Å². The maximum Gasteiger partial charge on any atom is 0.243 e. The highest BCUT2D eigenvalue weighted by Gasteiger charge is 2.51. The van der Waals surface area contributed by atoms with E-state index in [1.54, 1.807) is 0 Å². The number of fused-ring (bicyclic) bond motifs is 5. The minimum absolute atomic E-state index is 0.0690. The van der Waals surface area contributed by atoms with Crippen molar-refractivity contribution < 1.29 is 9.59 Å². The molecule has 118 valence electrons. The molecular weight excluding hydrogens is 300 g/mol. The number of benzene rings is 2. The van der Waals surface area contributed by atoms with E-state index in [1.807, 2.05) is 48.5 Å². The summed E-state index contributed by atoms with van der Waals surface area (Å²) in [6, 6.07) is 17.3. The number of anilines is 1. The van der Waals surface area contributed by atoms with Gasteiger partial charge in [-0.2, -0.15) is 0 Å². The number of imide groups is 1. The molecule has 2 atom stereocenters. The van der Waals surface area contributed by atoms with Gasteiger partial charge in [0.1, 0.15) is 0 Å². The number of amides is 2. The van der Waals surface area contributed by atoms with Gasteiger partial charge in [0.2, 0.25) is 11.8 Å². The fourth-order valence-electron chi connectivity index (χ4n) is 4.23. The predicted molar refractivity (Wildman–Crippen MR) is 91.8 cm³/mol. The Morgan fingerprint density at radius 1 is 0.917 bits per heavy atom. The molecule has 4 heteroatoms. The van der Waals surface area contributed by atoms with Gasteiger partial charge in [-0.3, -0.25) is 9.59 Å². The fraction of sp³-hybridized carbons (Fsp3) is 0.200. The standard InChI is InChI=1S/C20H16N2O2/c23-19-15-11-10-14-13-8-4-5-9-16(13)21-18(14)17(15)20(24)22(19)12-6-2-1-3-7-12/h1-9,15,17,21H,10-11H2/t15-,17-/m0/s1. The molecule has 0 unspecified atom stereocenters. The third-order valence-electron chi connectivity index (χ3n) is 5.30. The largest absolute Gasteiger partial charge is 0.357 e. The summed E-state index contributed by atoms with van der Waals surface area (Å²) in [5.74, 6) is -0.809. The summed E-state index contributed by atoms with van der Waals surface area (Å²) < 4.78 is 0. The molecule has 1 aliphatic carbocycles. The van der Waals surface area contributed by atoms with E-state index in [9.17, 15) is 9.59 Å². The molecule has 1 N–H and O–H groups in total. The van der Waals surface area contributed by atoms with Crippen molar-refractivity contribution in [2.24, 2.45) is 5.92 Å². The van der Waals surface area contributed by atoms with Crippen LogP contribution in [0.15, 0.2) is 54.6 Å². The summed E-state index contributed by atoms with van der Waals surface area (Å²) in [7, 11) is 0. The topological polar surface area (TPSA) is 53.2 Å². The van der Waals surface area contributed by atoms with Crippen LogP contribution in [0.25, 0.3) is 10.9 Å². The Kier molecular flexibility index (Phi) is 2.71. The van der Waals surface area contributed by atoms with Crippen molar-refractivity contribution in [3.05, 3.63) is 65.9 Å². The Morgan fingerprint density at radius 3 is 2.50 bits per heavy atom. The molecule has 0 radical (unpaired) electrons. The third-order valence-corrected chi connectivity index (χ3v) is 5.30. The Balaban J connectivity index is 1.66. The first kappa shape index (κ1) is 13.5. The maximum atomic E-state index is 13.1. The highest BCUT2D eigenvalue weighted by atomic mass is 16.2. The number of aromatic amines is 1. The third kappa shape index (κ3) is 1.68. The molecule has 1 aliphatic heterocycles. The molecule has 2 heterocycles. The summed E-state index contributed by atoms with van der Waals surface area (Å²) >= 11 is 0. The van der Waals surface area contributed by atoms with E-state index in [2.05, 4.69) is 11.1 Å². The van der Waals surface area contributed by atoms with Gasteiger partial charge in [-0.1, -0.05) is 36.4 Å². The molecule has 3 aromatic rings. The lowest BCUT2D eigenvalue weighted by molar-refractivity contribution is -0.122. The molecule has 2 aromatic carbocycles. The van der Waals surface area contributed by atoms with E-state index in [-0.39, 0.29) is 23.7 Å². The quantitative estimate of drug-likeness (QED) is 0.700. The monoisotopic (exact) mass is 316 g/mol. The first-order valence-corrected chi connectivity index (χ1v) is 8.28. The number of hydrogen-bond acceptors (Lipinski definition) is 2. The number of H-pyrrole nitrogens is 1. The molecule has 0 saturated carbocycles. The molecule has 5 rings (SSSR count). The van der Waals surface area contributed by atoms with Crippen LogP contribution in [0.2, 0.25) is 0 Å². The molecule has 1 saturated heterocycles. The van der Waals surface area contributed by atoms with Crippen molar-refractivity contribution in [2.45, 2.75) is 18.8 Å². The van der Waals surface area contributed by atoms with Crippen molar-refractivity contribution in [3.63, 3.8) is 0 Å². The summed E-state index contributed by atoms with van der Waals surface area (Å²) in [5.41, 5.74) is 3.84. The van der Waals surface area contributed by atoms with Gasteiger partial charge < -0.3 is 4.98 Å². The van der Waals surface area contributed by atoms with Crippen molar-refractivity contribution >= 4 is 28.4 Å². The number of aromatic nitrogens is 1. The number of carbonyl (C=O) groups excluding carboxylic acids is 2.